The fraction of sp³-hybridized carbons (Fsp3) is 0.604. The largest absolute Gasteiger partial charge is 0.481 e. The molecule has 1 aromatic carbocycles. The van der Waals surface area contributed by atoms with Crippen molar-refractivity contribution in [2.75, 3.05) is 64.9 Å². The molecule has 1 aromatic rings. The van der Waals surface area contributed by atoms with E-state index in [4.69, 9.17) is 5.73 Å². The zero-order chi connectivity index (χ0) is 58.5. The maximum absolute atomic E-state index is 13.6. The van der Waals surface area contributed by atoms with Gasteiger partial charge in [0, 0.05) is 43.9 Å². The number of primary amides is 1. The summed E-state index contributed by atoms with van der Waals surface area (Å²) in [5, 5.41) is 53.0. The normalized spacial score (nSPS) is 15.6. The van der Waals surface area contributed by atoms with Crippen molar-refractivity contribution in [3.8, 4) is 0 Å². The number of hydrogen-bond donors (Lipinski definition) is 14. The number of likely N-dealkylation sites (N-methyl/N-ethyl adjacent to an activating group) is 1. The number of aliphatic hydroxyl groups is 1. The molecule has 2 rings (SSSR count). The van der Waals surface area contributed by atoms with Crippen LogP contribution in [-0.4, -0.2) is 204 Å². The molecular weight excluding hydrogens is 1060 g/mol. The fourth-order valence-electron chi connectivity index (χ4n) is 7.61. The van der Waals surface area contributed by atoms with Gasteiger partial charge in [0.1, 0.15) is 30.2 Å². The van der Waals surface area contributed by atoms with Gasteiger partial charge in [0.25, 0.3) is 0 Å². The molecule has 8 atom stereocenters. The third-order valence-corrected chi connectivity index (χ3v) is 14.6. The Kier molecular flexibility index (Phi) is 30.6. The fourth-order valence-corrected chi connectivity index (χ4v) is 10.3. The molecule has 1 heterocycles. The van der Waals surface area contributed by atoms with Gasteiger partial charge in [-0.1, -0.05) is 72.7 Å². The molecule has 1 saturated heterocycles. The van der Waals surface area contributed by atoms with Crippen LogP contribution >= 0.6 is 21.6 Å². The van der Waals surface area contributed by atoms with E-state index in [0.29, 0.717) is 29.9 Å². The second-order valence-electron chi connectivity index (χ2n) is 18.3. The number of carboxylic acids is 2. The highest BCUT2D eigenvalue weighted by atomic mass is 33.1. The van der Waals surface area contributed by atoms with E-state index in [-0.39, 0.29) is 55.9 Å². The first-order valence-corrected chi connectivity index (χ1v) is 27.5. The molecule has 4 unspecified atom stereocenters. The number of Topliss-reactive ketones (excluding diaryl/α,β-unsaturated/α-hetero) is 1. The topological polar surface area (TPSA) is 432 Å². The van der Waals surface area contributed by atoms with E-state index in [1.165, 1.54) is 26.5 Å². The minimum absolute atomic E-state index is 0.0430. The average molecular weight is 1140 g/mol. The Labute approximate surface area is 458 Å². The molecule has 28 nitrogen and oxygen atoms in total. The maximum Gasteiger partial charge on any atom is 0.305 e. The Morgan fingerprint density at radius 1 is 0.692 bits per heavy atom. The Morgan fingerprint density at radius 3 is 1.90 bits per heavy atom. The Morgan fingerprint density at radius 2 is 1.32 bits per heavy atom. The molecule has 0 spiro atoms. The van der Waals surface area contributed by atoms with Crippen LogP contribution in [0.2, 0.25) is 0 Å². The van der Waals surface area contributed by atoms with Crippen LogP contribution in [0.15, 0.2) is 30.3 Å². The van der Waals surface area contributed by atoms with Crippen LogP contribution in [0.25, 0.3) is 0 Å². The Hall–Kier alpha value is -6.89. The molecule has 0 saturated carbocycles. The van der Waals surface area contributed by atoms with E-state index in [1.807, 2.05) is 6.92 Å². The number of hydrogen-bond acceptors (Lipinski definition) is 18. The van der Waals surface area contributed by atoms with Crippen molar-refractivity contribution in [3.05, 3.63) is 35.9 Å². The van der Waals surface area contributed by atoms with Gasteiger partial charge in [0.2, 0.25) is 59.1 Å². The van der Waals surface area contributed by atoms with Crippen LogP contribution in [-0.2, 0) is 68.7 Å². The van der Waals surface area contributed by atoms with Crippen molar-refractivity contribution in [1.29, 1.82) is 0 Å². The van der Waals surface area contributed by atoms with Crippen molar-refractivity contribution in [2.45, 2.75) is 108 Å². The van der Waals surface area contributed by atoms with Gasteiger partial charge in [0.15, 0.2) is 5.78 Å². The molecule has 0 aliphatic carbocycles. The summed E-state index contributed by atoms with van der Waals surface area (Å²) in [6, 6.07) is -0.130. The monoisotopic (exact) mass is 1140 g/mol. The van der Waals surface area contributed by atoms with Gasteiger partial charge in [-0.05, 0) is 44.2 Å². The van der Waals surface area contributed by atoms with Gasteiger partial charge in [0.05, 0.1) is 51.3 Å². The molecule has 78 heavy (non-hydrogen) atoms. The number of aliphatic carboxylic acids is 2. The van der Waals surface area contributed by atoms with Gasteiger partial charge >= 0.3 is 11.9 Å². The summed E-state index contributed by atoms with van der Waals surface area (Å²) in [6.07, 6.45) is -0.558. The van der Waals surface area contributed by atoms with Crippen LogP contribution in [0.3, 0.4) is 0 Å². The minimum Gasteiger partial charge on any atom is -0.481 e. The highest BCUT2D eigenvalue weighted by Crippen LogP contribution is 2.26. The van der Waals surface area contributed by atoms with Gasteiger partial charge in [-0.2, -0.15) is 0 Å². The number of rotatable bonds is 37. The number of nitrogens with two attached hydrogens (primary N) is 1. The van der Waals surface area contributed by atoms with E-state index < -0.39 is 146 Å². The summed E-state index contributed by atoms with van der Waals surface area (Å²) in [6.45, 7) is 1.66. The smallest absolute Gasteiger partial charge is 0.305 e. The van der Waals surface area contributed by atoms with Crippen molar-refractivity contribution in [3.63, 3.8) is 0 Å². The quantitative estimate of drug-likeness (QED) is 0.0220. The lowest BCUT2D eigenvalue weighted by Crippen LogP contribution is -2.58. The highest BCUT2D eigenvalue weighted by Gasteiger charge is 2.37. The highest BCUT2D eigenvalue weighted by molar-refractivity contribution is 8.76. The zero-order valence-corrected chi connectivity index (χ0v) is 45.8. The van der Waals surface area contributed by atoms with Crippen molar-refractivity contribution in [2.24, 2.45) is 17.6 Å². The van der Waals surface area contributed by atoms with Crippen molar-refractivity contribution in [1.82, 2.24) is 58.1 Å². The number of carbonyl (C=O) groups excluding carboxylic acids is 11. The van der Waals surface area contributed by atoms with E-state index >= 15 is 0 Å². The summed E-state index contributed by atoms with van der Waals surface area (Å²) in [7, 11) is 5.87. The van der Waals surface area contributed by atoms with Gasteiger partial charge in [-0.25, -0.2) is 0 Å². The molecule has 434 valence electrons. The lowest BCUT2D eigenvalue weighted by molar-refractivity contribution is -0.141. The maximum atomic E-state index is 13.6. The Balaban J connectivity index is 1.96. The first-order valence-electron chi connectivity index (χ1n) is 25.1. The Bertz CT molecular complexity index is 2260. The molecule has 15 N–H and O–H groups in total. The second-order valence-corrected chi connectivity index (χ2v) is 20.8. The van der Waals surface area contributed by atoms with E-state index in [0.717, 1.165) is 0 Å². The SMILES string of the molecule is CCC(CSSCC(NC)C(=O)CNC(CCC(=O)O)C(=O)NCC(=O)NC(CC(=O)O)C(=O)N[C@@H](CO)C(=O)NCC(=O)NCC(=O)N1CCC[C@H]1C(=O)N[C@@H](Cc1ccccc1)C(=O)N[C@H](C(N)=O)C(C)C)C(=O)NC. The summed E-state index contributed by atoms with van der Waals surface area (Å²) in [4.78, 5) is 167. The van der Waals surface area contributed by atoms with Gasteiger partial charge < -0.3 is 73.8 Å². The summed E-state index contributed by atoms with van der Waals surface area (Å²) < 4.78 is 0. The first kappa shape index (κ1) is 67.2. The molecule has 0 aromatic heterocycles. The number of aliphatic hydroxyl groups excluding tert-OH is 1. The molecule has 1 aliphatic rings. The molecule has 1 fully saturated rings. The number of amides is 10. The minimum atomic E-state index is -1.88. The number of carbonyl (C=O) groups is 13. The number of likely N-dealkylation sites (tertiary alicyclic amines) is 1. The van der Waals surface area contributed by atoms with Crippen LogP contribution in [0.1, 0.15) is 64.9 Å². The van der Waals surface area contributed by atoms with E-state index in [2.05, 4.69) is 53.2 Å². The number of ketones is 1. The van der Waals surface area contributed by atoms with E-state index in [9.17, 15) is 77.6 Å². The predicted octanol–water partition coefficient (Wildman–Crippen LogP) is -4.75. The number of carboxylic acid groups (broad SMARTS) is 2. The number of nitrogens with zero attached hydrogens (tertiary/aromatic N) is 1. The molecular formula is C48H74N12O16S2. The van der Waals surface area contributed by atoms with Crippen LogP contribution in [0, 0.1) is 11.8 Å². The number of nitrogens with one attached hydrogen (secondary N) is 10. The molecule has 1 aliphatic heterocycles. The molecule has 30 heteroatoms. The van der Waals surface area contributed by atoms with Crippen molar-refractivity contribution < 1.29 is 77.6 Å². The zero-order valence-electron chi connectivity index (χ0n) is 44.2. The molecule has 0 bridgehead atoms. The molecule has 10 amide bonds. The number of benzene rings is 1. The summed E-state index contributed by atoms with van der Waals surface area (Å²) in [5.41, 5.74) is 6.19. The average Bonchev–Trinajstić information content (AvgIpc) is 3.90. The molecule has 0 radical (unpaired) electrons. The third kappa shape index (κ3) is 24.2. The first-order chi connectivity index (χ1) is 37.0. The third-order valence-electron chi connectivity index (χ3n) is 12.1. The van der Waals surface area contributed by atoms with E-state index in [1.54, 1.807) is 58.3 Å². The predicted molar refractivity (Wildman–Crippen MR) is 284 cm³/mol. The standard InChI is InChI=1S/C48H74N12O16S2/c1-6-28(43(71)51-5)24-77-78-25-33(50-4)35(62)19-52-29(14-15-39(66)67)44(72)55-21-37(64)56-31(18-40(68)69)46(74)58-32(23-61)45(73)54-20-36(63)53-22-38(65)60-16-10-13-34(60)48(76)57-30(17-27-11-8-7-9-12-27)47(75)59-41(26(2)3)42(49)70/h7-9,11-12,26,28-34,41,50,52,61H,6,10,13-25H2,1-5H3,(H2,49,70)(H,51,71)(H,53,63)(H,54,73)(H,55,72)(H,56,64)(H,57,76)(H,58,74)(H,59,75)(H,66,67)(H,68,69)/t28?,29?,30-,31?,32-,33?,34-,41-/m0/s1. The van der Waals surface area contributed by atoms with Crippen LogP contribution in [0.4, 0.5) is 0 Å². The van der Waals surface area contributed by atoms with Crippen LogP contribution in [0.5, 0.6) is 0 Å². The van der Waals surface area contributed by atoms with Gasteiger partial charge in [-0.15, -0.1) is 0 Å². The lowest BCUT2D eigenvalue weighted by Gasteiger charge is -2.28. The summed E-state index contributed by atoms with van der Waals surface area (Å²) >= 11 is 0. The summed E-state index contributed by atoms with van der Waals surface area (Å²) in [5.74, 6) is -11.2. The van der Waals surface area contributed by atoms with Crippen LogP contribution < -0.4 is 58.9 Å². The second kappa shape index (κ2) is 35.5. The van der Waals surface area contributed by atoms with Crippen molar-refractivity contribution >= 4 is 98.4 Å². The van der Waals surface area contributed by atoms with Gasteiger partial charge in [-0.3, -0.25) is 67.6 Å². The lowest BCUT2D eigenvalue weighted by atomic mass is 10.0.